The molecule has 3 fully saturated rings. The van der Waals surface area contributed by atoms with Crippen LogP contribution in [0, 0.1) is 13.8 Å². The number of nitrogens with two attached hydrogens (primary N) is 3. The van der Waals surface area contributed by atoms with Gasteiger partial charge in [0.05, 0.1) is 24.2 Å². The lowest BCUT2D eigenvalue weighted by atomic mass is 9.90. The Hall–Kier alpha value is -6.13. The van der Waals surface area contributed by atoms with Crippen molar-refractivity contribution in [3.63, 3.8) is 0 Å². The molecule has 0 aliphatic carbocycles. The molecule has 3 saturated heterocycles. The Balaban J connectivity index is 0.925. The van der Waals surface area contributed by atoms with Crippen LogP contribution in [0.1, 0.15) is 83.8 Å². The van der Waals surface area contributed by atoms with Gasteiger partial charge in [0.1, 0.15) is 29.0 Å². The number of amides is 3. The monoisotopic (exact) mass is 850 g/mol. The Bertz CT molecular complexity index is 2340. The van der Waals surface area contributed by atoms with E-state index in [9.17, 15) is 19.5 Å². The number of likely N-dealkylation sites (tertiary alicyclic amines) is 2. The van der Waals surface area contributed by atoms with Crippen molar-refractivity contribution in [3.05, 3.63) is 106 Å². The third kappa shape index (κ3) is 9.81. The molecule has 330 valence electrons. The largest absolute Gasteiger partial charge is 0.507 e. The molecular weight excluding hydrogens is 792 g/mol. The maximum absolute atomic E-state index is 16.4. The van der Waals surface area contributed by atoms with Crippen LogP contribution in [0.5, 0.6) is 5.75 Å². The first-order chi connectivity index (χ1) is 29.7. The number of alkyl halides is 1. The molecule has 9 N–H and O–H groups in total. The summed E-state index contributed by atoms with van der Waals surface area (Å²) in [5, 5.41) is 16.6. The number of fused-ring (bicyclic) bond motifs is 1. The molecule has 7 rings (SSSR count). The standard InChI is InChI=1S/C46H59FN10O5/c1-29-21-37(30(2)20-36(29)41-25-57(31(3)26-62-41)39(43(49)50)23-38(48)35-6-4-5-7-40(35)59)45(61)55-18-12-46(47,13-19-55)27-54-15-10-34(11-16-54)56-17-9-32-22-33(24-52-44(32)56)53-42(60)8-14-51-28-58/h4-7,9,17,20-24,28,31,34,41,59H,8,10-16,18-19,25-27,48-50H2,1-3H3,(H,51,58)(H,53,60)/b38-23-. The molecule has 0 bridgehead atoms. The number of phenolic OH excluding ortho intramolecular Hbond substituents is 1. The average molecular weight is 851 g/mol. The number of anilines is 1. The second-order valence-electron chi connectivity index (χ2n) is 17.0. The van der Waals surface area contributed by atoms with Gasteiger partial charge >= 0.3 is 0 Å². The molecule has 0 radical (unpaired) electrons. The second-order valence-corrected chi connectivity index (χ2v) is 17.0. The second kappa shape index (κ2) is 18.9. The van der Waals surface area contributed by atoms with Crippen LogP contribution >= 0.6 is 0 Å². The molecule has 2 atom stereocenters. The van der Waals surface area contributed by atoms with Gasteiger partial charge < -0.3 is 56.9 Å². The number of rotatable bonds is 13. The molecule has 2 aromatic heterocycles. The number of carbonyl (C=O) groups is 3. The molecule has 3 aliphatic heterocycles. The molecule has 4 aromatic rings. The molecule has 2 unspecified atom stereocenters. The van der Waals surface area contributed by atoms with E-state index < -0.39 is 5.67 Å². The summed E-state index contributed by atoms with van der Waals surface area (Å²) in [6, 6.07) is 14.8. The number of hydrogen-bond acceptors (Lipinski definition) is 11. The molecule has 2 aromatic carbocycles. The molecule has 5 heterocycles. The number of halogens is 1. The third-order valence-electron chi connectivity index (χ3n) is 12.6. The van der Waals surface area contributed by atoms with Gasteiger partial charge in [0, 0.05) is 106 Å². The predicted octanol–water partition coefficient (Wildman–Crippen LogP) is 4.56. The zero-order chi connectivity index (χ0) is 44.1. The van der Waals surface area contributed by atoms with Gasteiger partial charge in [-0.25, -0.2) is 9.37 Å². The van der Waals surface area contributed by atoms with E-state index in [2.05, 4.69) is 30.0 Å². The fourth-order valence-corrected chi connectivity index (χ4v) is 9.04. The molecule has 0 saturated carbocycles. The zero-order valence-electron chi connectivity index (χ0n) is 35.8. The molecule has 62 heavy (non-hydrogen) atoms. The maximum Gasteiger partial charge on any atom is 0.254 e. The van der Waals surface area contributed by atoms with E-state index >= 15 is 4.39 Å². The minimum Gasteiger partial charge on any atom is -0.507 e. The number of nitrogens with zero attached hydrogens (tertiary/aromatic N) is 5. The number of nitrogens with one attached hydrogen (secondary N) is 2. The van der Waals surface area contributed by atoms with Crippen molar-refractivity contribution in [2.24, 2.45) is 17.2 Å². The number of aromatic hydroxyl groups is 1. The van der Waals surface area contributed by atoms with Gasteiger partial charge in [0.25, 0.3) is 5.91 Å². The molecule has 15 nitrogen and oxygen atoms in total. The highest BCUT2D eigenvalue weighted by atomic mass is 19.1. The van der Waals surface area contributed by atoms with Gasteiger partial charge in [-0.05, 0) is 86.7 Å². The lowest BCUT2D eigenvalue weighted by molar-refractivity contribution is -0.116. The number of phenols is 1. The summed E-state index contributed by atoms with van der Waals surface area (Å²) >= 11 is 0. The number of hydrogen-bond donors (Lipinski definition) is 6. The summed E-state index contributed by atoms with van der Waals surface area (Å²) in [7, 11) is 0. The Morgan fingerprint density at radius 3 is 2.47 bits per heavy atom. The number of pyridine rings is 1. The first-order valence-corrected chi connectivity index (χ1v) is 21.4. The fourth-order valence-electron chi connectivity index (χ4n) is 9.04. The first kappa shape index (κ1) is 43.9. The van der Waals surface area contributed by atoms with Gasteiger partial charge in [-0.1, -0.05) is 18.2 Å². The first-order valence-electron chi connectivity index (χ1n) is 21.4. The molecule has 16 heteroatoms. The highest BCUT2D eigenvalue weighted by Gasteiger charge is 2.39. The summed E-state index contributed by atoms with van der Waals surface area (Å²) in [6.45, 7) is 9.56. The van der Waals surface area contributed by atoms with Gasteiger partial charge in [-0.3, -0.25) is 14.4 Å². The topological polar surface area (TPSA) is 210 Å². The van der Waals surface area contributed by atoms with E-state index in [1.807, 2.05) is 51.2 Å². The van der Waals surface area contributed by atoms with Crippen molar-refractivity contribution in [2.75, 3.05) is 57.7 Å². The number of aryl methyl sites for hydroxylation is 2. The van der Waals surface area contributed by atoms with Crippen molar-refractivity contribution in [1.82, 2.24) is 29.6 Å². The number of morpholine rings is 1. The fraction of sp³-hybridized carbons (Fsp3) is 0.435. The van der Waals surface area contributed by atoms with Crippen molar-refractivity contribution < 1.29 is 28.6 Å². The lowest BCUT2D eigenvalue weighted by Gasteiger charge is -2.42. The summed E-state index contributed by atoms with van der Waals surface area (Å²) in [4.78, 5) is 47.3. The van der Waals surface area contributed by atoms with E-state index in [-0.39, 0.29) is 67.4 Å². The molecule has 0 spiro atoms. The number of para-hydroxylation sites is 1. The minimum absolute atomic E-state index is 0.0534. The summed E-state index contributed by atoms with van der Waals surface area (Å²) in [5.74, 6) is -0.152. The number of ether oxygens (including phenoxy) is 1. The summed E-state index contributed by atoms with van der Waals surface area (Å²) < 4.78 is 25.0. The Morgan fingerprint density at radius 2 is 1.76 bits per heavy atom. The van der Waals surface area contributed by atoms with Crippen LogP contribution in [0.4, 0.5) is 10.1 Å². The molecular formula is C46H59FN10O5. The van der Waals surface area contributed by atoms with Crippen LogP contribution in [-0.4, -0.2) is 112 Å². The Morgan fingerprint density at radius 1 is 1.02 bits per heavy atom. The van der Waals surface area contributed by atoms with Gasteiger partial charge in [0.2, 0.25) is 12.3 Å². The molecule has 3 amide bonds. The summed E-state index contributed by atoms with van der Waals surface area (Å²) in [6.07, 6.45) is 8.03. The van der Waals surface area contributed by atoms with Crippen LogP contribution < -0.4 is 27.8 Å². The van der Waals surface area contributed by atoms with Gasteiger partial charge in [-0.2, -0.15) is 0 Å². The Kier molecular flexibility index (Phi) is 13.4. The zero-order valence-corrected chi connectivity index (χ0v) is 35.8. The lowest BCUT2D eigenvalue weighted by Crippen LogP contribution is -2.51. The van der Waals surface area contributed by atoms with Crippen molar-refractivity contribution in [2.45, 2.75) is 76.7 Å². The number of piperidine rings is 2. The van der Waals surface area contributed by atoms with Gasteiger partial charge in [-0.15, -0.1) is 0 Å². The van der Waals surface area contributed by atoms with Crippen LogP contribution in [0.25, 0.3) is 16.7 Å². The van der Waals surface area contributed by atoms with E-state index in [4.69, 9.17) is 21.9 Å². The minimum atomic E-state index is -1.38. The highest BCUT2D eigenvalue weighted by molar-refractivity contribution is 5.96. The molecule has 3 aliphatic rings. The number of carbonyl (C=O) groups excluding carboxylic acids is 3. The van der Waals surface area contributed by atoms with Crippen molar-refractivity contribution in [3.8, 4) is 5.75 Å². The SMILES string of the molecule is Cc1cc(C2CN(C(/C=C(\N)c3ccccc3O)=C(N)N)C(C)CO2)c(C)cc1C(=O)N1CCC(F)(CN2CCC(n3ccc4cc(NC(=O)CCNC=O)cnc43)CC2)CC1. The number of allylic oxidation sites excluding steroid dienone is 1. The van der Waals surface area contributed by atoms with Gasteiger partial charge in [0.15, 0.2) is 0 Å². The van der Waals surface area contributed by atoms with Crippen LogP contribution in [-0.2, 0) is 14.3 Å². The highest BCUT2D eigenvalue weighted by Crippen LogP contribution is 2.35. The van der Waals surface area contributed by atoms with E-state index in [1.165, 1.54) is 0 Å². The smallest absolute Gasteiger partial charge is 0.254 e. The van der Waals surface area contributed by atoms with E-state index in [0.29, 0.717) is 67.4 Å². The van der Waals surface area contributed by atoms with Crippen LogP contribution in [0.2, 0.25) is 0 Å². The van der Waals surface area contributed by atoms with E-state index in [1.54, 1.807) is 41.4 Å². The van der Waals surface area contributed by atoms with E-state index in [0.717, 1.165) is 53.7 Å². The maximum atomic E-state index is 16.4. The van der Waals surface area contributed by atoms with Crippen molar-refractivity contribution in [1.29, 1.82) is 0 Å². The third-order valence-corrected chi connectivity index (χ3v) is 12.6. The quantitative estimate of drug-likeness (QED) is 0.0624. The number of benzene rings is 2. The van der Waals surface area contributed by atoms with Crippen molar-refractivity contribution >= 4 is 40.6 Å². The normalized spacial score (nSPS) is 19.9. The average Bonchev–Trinajstić information content (AvgIpc) is 3.67. The Labute approximate surface area is 361 Å². The summed E-state index contributed by atoms with van der Waals surface area (Å²) in [5.41, 5.74) is 23.5. The van der Waals surface area contributed by atoms with Crippen LogP contribution in [0.15, 0.2) is 78.5 Å². The predicted molar refractivity (Wildman–Crippen MR) is 237 cm³/mol. The van der Waals surface area contributed by atoms with Crippen LogP contribution in [0.3, 0.4) is 0 Å². The number of aromatic nitrogens is 2.